The largest absolute Gasteiger partial charge is 0.491 e. The number of methoxy groups -OCH3 is 1. The molecule has 0 saturated heterocycles. The van der Waals surface area contributed by atoms with Crippen LogP contribution >= 0.6 is 0 Å². The Balaban J connectivity index is 1.49. The van der Waals surface area contributed by atoms with Crippen molar-refractivity contribution in [1.29, 1.82) is 0 Å². The summed E-state index contributed by atoms with van der Waals surface area (Å²) in [5.41, 5.74) is 5.33. The maximum absolute atomic E-state index is 10.7. The van der Waals surface area contributed by atoms with Crippen LogP contribution in [0.1, 0.15) is 16.7 Å². The van der Waals surface area contributed by atoms with Crippen molar-refractivity contribution in [1.82, 2.24) is 0 Å². The number of benzene rings is 2. The topological polar surface area (TPSA) is 100 Å². The summed E-state index contributed by atoms with van der Waals surface area (Å²) >= 11 is 0. The molecule has 0 heterocycles. The summed E-state index contributed by atoms with van der Waals surface area (Å²) in [6.07, 6.45) is 0. The van der Waals surface area contributed by atoms with Crippen molar-refractivity contribution >= 4 is 6.47 Å². The van der Waals surface area contributed by atoms with Gasteiger partial charge in [0.25, 0.3) is 6.47 Å². The monoisotopic (exact) mass is 578 g/mol. The van der Waals surface area contributed by atoms with Crippen molar-refractivity contribution in [2.24, 2.45) is 0 Å². The van der Waals surface area contributed by atoms with Gasteiger partial charge in [0.1, 0.15) is 19.0 Å². The summed E-state index contributed by atoms with van der Waals surface area (Å²) in [5.74, 6) is 0.699. The summed E-state index contributed by atoms with van der Waals surface area (Å²) in [6, 6.07) is 12.2. The van der Waals surface area contributed by atoms with Gasteiger partial charge in [0.15, 0.2) is 0 Å². The van der Waals surface area contributed by atoms with Crippen LogP contribution in [0.15, 0.2) is 36.4 Å². The van der Waals surface area contributed by atoms with Gasteiger partial charge in [-0.2, -0.15) is 0 Å². The molecule has 10 nitrogen and oxygen atoms in total. The summed E-state index contributed by atoms with van der Waals surface area (Å²) in [5, 5.41) is 0. The lowest BCUT2D eigenvalue weighted by Crippen LogP contribution is -2.15. The van der Waals surface area contributed by atoms with Gasteiger partial charge >= 0.3 is 0 Å². The molecular formula is C31H46O10. The third-order valence-corrected chi connectivity index (χ3v) is 5.78. The molecule has 2 aromatic rings. The van der Waals surface area contributed by atoms with E-state index >= 15 is 0 Å². The van der Waals surface area contributed by atoms with Crippen LogP contribution in [0.3, 0.4) is 0 Å². The molecule has 0 radical (unpaired) electrons. The highest BCUT2D eigenvalue weighted by Crippen LogP contribution is 2.29. The highest BCUT2D eigenvalue weighted by molar-refractivity contribution is 5.70. The first kappa shape index (κ1) is 34.6. The van der Waals surface area contributed by atoms with Gasteiger partial charge in [0, 0.05) is 7.11 Å². The molecule has 2 rings (SSSR count). The van der Waals surface area contributed by atoms with Crippen LogP contribution in [-0.2, 0) is 49.3 Å². The van der Waals surface area contributed by atoms with Crippen molar-refractivity contribution < 1.29 is 47.4 Å². The molecule has 2 aromatic carbocycles. The predicted molar refractivity (Wildman–Crippen MR) is 154 cm³/mol. The summed E-state index contributed by atoms with van der Waals surface area (Å²) in [7, 11) is 1.64. The van der Waals surface area contributed by atoms with E-state index in [1.54, 1.807) is 7.11 Å². The fourth-order valence-electron chi connectivity index (χ4n) is 3.72. The maximum Gasteiger partial charge on any atom is 0.293 e. The fourth-order valence-corrected chi connectivity index (χ4v) is 3.72. The Labute approximate surface area is 244 Å². The summed E-state index contributed by atoms with van der Waals surface area (Å²) in [6.45, 7) is 11.8. The van der Waals surface area contributed by atoms with E-state index in [9.17, 15) is 4.79 Å². The van der Waals surface area contributed by atoms with E-state index in [0.29, 0.717) is 105 Å². The third kappa shape index (κ3) is 16.5. The van der Waals surface area contributed by atoms with Gasteiger partial charge in [0.2, 0.25) is 0 Å². The number of hydrogen-bond acceptors (Lipinski definition) is 10. The molecule has 0 unspecified atom stereocenters. The molecule has 41 heavy (non-hydrogen) atoms. The minimum atomic E-state index is 0.185. The summed E-state index contributed by atoms with van der Waals surface area (Å²) in [4.78, 5) is 10.7. The second kappa shape index (κ2) is 23.0. The highest BCUT2D eigenvalue weighted by atomic mass is 16.6. The minimum absolute atomic E-state index is 0.185. The normalized spacial score (nSPS) is 11.1. The lowest BCUT2D eigenvalue weighted by atomic mass is 9.97. The second-order valence-electron chi connectivity index (χ2n) is 9.11. The Morgan fingerprint density at radius 3 is 1.63 bits per heavy atom. The van der Waals surface area contributed by atoms with Crippen molar-refractivity contribution in [3.05, 3.63) is 53.1 Å². The number of carbonyl (C=O) groups excluding carboxylic acids is 1. The standard InChI is InChI=1S/C31H46O10/c1-26-4-5-27(2)31(20-26)29-21-28(24-40-25-32)22-30(23-29)41-19-18-39-17-16-38-15-14-37-13-12-36-11-10-35-9-8-34-7-6-33-3/h4-5,20-23,25H,6-19,24H2,1-3H3. The van der Waals surface area contributed by atoms with Gasteiger partial charge in [-0.1, -0.05) is 23.8 Å². The second-order valence-corrected chi connectivity index (χ2v) is 9.11. The lowest BCUT2D eigenvalue weighted by Gasteiger charge is -2.13. The number of ether oxygens (including phenoxy) is 9. The first-order chi connectivity index (χ1) is 20.1. The molecule has 0 saturated carbocycles. The van der Waals surface area contributed by atoms with Crippen LogP contribution in [-0.4, -0.2) is 106 Å². The van der Waals surface area contributed by atoms with Crippen LogP contribution in [0.25, 0.3) is 11.1 Å². The molecule has 0 N–H and O–H groups in total. The van der Waals surface area contributed by atoms with E-state index in [1.165, 1.54) is 5.56 Å². The van der Waals surface area contributed by atoms with E-state index in [0.717, 1.165) is 22.3 Å². The maximum atomic E-state index is 10.7. The average Bonchev–Trinajstić information content (AvgIpc) is 2.98. The molecule has 0 aliphatic heterocycles. The first-order valence-corrected chi connectivity index (χ1v) is 14.0. The molecule has 0 fully saturated rings. The Kier molecular flexibility index (Phi) is 19.5. The zero-order valence-electron chi connectivity index (χ0n) is 24.7. The van der Waals surface area contributed by atoms with E-state index in [1.807, 2.05) is 18.2 Å². The van der Waals surface area contributed by atoms with E-state index in [-0.39, 0.29) is 6.61 Å². The van der Waals surface area contributed by atoms with E-state index in [2.05, 4.69) is 32.0 Å². The molecule has 10 heteroatoms. The van der Waals surface area contributed by atoms with Crippen molar-refractivity contribution in [2.45, 2.75) is 20.5 Å². The van der Waals surface area contributed by atoms with Gasteiger partial charge in [-0.15, -0.1) is 0 Å². The van der Waals surface area contributed by atoms with Crippen LogP contribution in [0.4, 0.5) is 0 Å². The number of aryl methyl sites for hydroxylation is 2. The number of rotatable bonds is 26. The van der Waals surface area contributed by atoms with Gasteiger partial charge in [-0.05, 0) is 54.3 Å². The Bertz CT molecular complexity index is 952. The van der Waals surface area contributed by atoms with Gasteiger partial charge in [0.05, 0.1) is 85.9 Å². The Morgan fingerprint density at radius 1 is 0.610 bits per heavy atom. The Hall–Kier alpha value is -2.57. The molecule has 0 aliphatic rings. The summed E-state index contributed by atoms with van der Waals surface area (Å²) < 4.78 is 48.6. The molecule has 0 spiro atoms. The van der Waals surface area contributed by atoms with Crippen LogP contribution in [0.5, 0.6) is 5.75 Å². The Morgan fingerprint density at radius 2 is 1.12 bits per heavy atom. The lowest BCUT2D eigenvalue weighted by molar-refractivity contribution is -0.129. The minimum Gasteiger partial charge on any atom is -0.491 e. The number of carbonyl (C=O) groups is 1. The molecule has 230 valence electrons. The van der Waals surface area contributed by atoms with Gasteiger partial charge in [-0.25, -0.2) is 0 Å². The zero-order valence-corrected chi connectivity index (χ0v) is 24.7. The smallest absolute Gasteiger partial charge is 0.293 e. The van der Waals surface area contributed by atoms with Gasteiger partial charge < -0.3 is 42.6 Å². The van der Waals surface area contributed by atoms with E-state index < -0.39 is 0 Å². The predicted octanol–water partition coefficient (Wildman–Crippen LogP) is 3.77. The quantitative estimate of drug-likeness (QED) is 0.121. The van der Waals surface area contributed by atoms with Crippen molar-refractivity contribution in [3.8, 4) is 16.9 Å². The molecule has 0 atom stereocenters. The highest BCUT2D eigenvalue weighted by Gasteiger charge is 2.08. The zero-order chi connectivity index (χ0) is 29.4. The molecule has 0 amide bonds. The van der Waals surface area contributed by atoms with Crippen molar-refractivity contribution in [2.75, 3.05) is 99.6 Å². The molecular weight excluding hydrogens is 532 g/mol. The van der Waals surface area contributed by atoms with Crippen LogP contribution in [0.2, 0.25) is 0 Å². The van der Waals surface area contributed by atoms with Crippen LogP contribution in [0, 0.1) is 13.8 Å². The molecule has 0 bridgehead atoms. The van der Waals surface area contributed by atoms with Crippen molar-refractivity contribution in [3.63, 3.8) is 0 Å². The fraction of sp³-hybridized carbons (Fsp3) is 0.581. The molecule has 0 aliphatic carbocycles. The SMILES string of the molecule is COCCOCCOCCOCCOCCOCCOCCOc1cc(COC=O)cc(-c2cc(C)ccc2C)c1. The molecule has 0 aromatic heterocycles. The number of hydrogen-bond donors (Lipinski definition) is 0. The van der Waals surface area contributed by atoms with E-state index in [4.69, 9.17) is 42.6 Å². The van der Waals surface area contributed by atoms with Crippen LogP contribution < -0.4 is 4.74 Å². The first-order valence-electron chi connectivity index (χ1n) is 14.0. The average molecular weight is 579 g/mol. The third-order valence-electron chi connectivity index (χ3n) is 5.78. The van der Waals surface area contributed by atoms with Gasteiger partial charge in [-0.3, -0.25) is 4.79 Å².